The zero-order valence-corrected chi connectivity index (χ0v) is 11.2. The third-order valence-corrected chi connectivity index (χ3v) is 3.80. The van der Waals surface area contributed by atoms with Crippen molar-refractivity contribution in [3.63, 3.8) is 0 Å². The Morgan fingerprint density at radius 2 is 1.65 bits per heavy atom. The van der Waals surface area contributed by atoms with Crippen LogP contribution in [0.4, 0.5) is 0 Å². The van der Waals surface area contributed by atoms with Crippen molar-refractivity contribution in [1.82, 2.24) is 0 Å². The molecule has 0 aliphatic heterocycles. The van der Waals surface area contributed by atoms with Gasteiger partial charge in [0.1, 0.15) is 5.75 Å². The van der Waals surface area contributed by atoms with Gasteiger partial charge in [-0.2, -0.15) is 0 Å². The summed E-state index contributed by atoms with van der Waals surface area (Å²) in [5, 5.41) is 0. The molecule has 0 aromatic heterocycles. The van der Waals surface area contributed by atoms with Crippen molar-refractivity contribution in [3.8, 4) is 5.75 Å². The van der Waals surface area contributed by atoms with E-state index in [0.29, 0.717) is 0 Å². The van der Waals surface area contributed by atoms with Crippen LogP contribution in [0.15, 0.2) is 52.3 Å². The molecule has 2 heteroatoms. The van der Waals surface area contributed by atoms with E-state index in [0.717, 1.165) is 5.75 Å². The van der Waals surface area contributed by atoms with Gasteiger partial charge in [-0.3, -0.25) is 0 Å². The molecule has 0 saturated carbocycles. The number of ether oxygens (including phenoxy) is 1. The summed E-state index contributed by atoms with van der Waals surface area (Å²) in [6, 6.07) is 14.7. The van der Waals surface area contributed by atoms with E-state index in [1.165, 1.54) is 20.9 Å². The number of hydrogen-bond donors (Lipinski definition) is 0. The highest BCUT2D eigenvalue weighted by Crippen LogP contribution is 2.31. The average Bonchev–Trinajstić information content (AvgIpc) is 2.34. The SMILES string of the molecule is COc1ccc(Sc2ccc(C)cc2C)cc1. The van der Waals surface area contributed by atoms with Crippen molar-refractivity contribution in [2.75, 3.05) is 7.11 Å². The molecule has 1 nitrogen and oxygen atoms in total. The maximum atomic E-state index is 5.15. The Balaban J connectivity index is 2.19. The Hall–Kier alpha value is -1.41. The highest BCUT2D eigenvalue weighted by molar-refractivity contribution is 7.99. The molecule has 88 valence electrons. The van der Waals surface area contributed by atoms with E-state index in [1.54, 1.807) is 18.9 Å². The summed E-state index contributed by atoms with van der Waals surface area (Å²) in [7, 11) is 1.69. The van der Waals surface area contributed by atoms with Crippen LogP contribution < -0.4 is 4.74 Å². The van der Waals surface area contributed by atoms with Gasteiger partial charge in [-0.1, -0.05) is 29.5 Å². The third kappa shape index (κ3) is 3.04. The lowest BCUT2D eigenvalue weighted by molar-refractivity contribution is 0.414. The summed E-state index contributed by atoms with van der Waals surface area (Å²) >= 11 is 1.79. The lowest BCUT2D eigenvalue weighted by Gasteiger charge is -2.07. The molecule has 0 heterocycles. The number of rotatable bonds is 3. The molecular formula is C15H16OS. The van der Waals surface area contributed by atoms with Crippen molar-refractivity contribution in [3.05, 3.63) is 53.6 Å². The van der Waals surface area contributed by atoms with Crippen LogP contribution in [0, 0.1) is 13.8 Å². The summed E-state index contributed by atoms with van der Waals surface area (Å²) in [4.78, 5) is 2.54. The molecule has 0 atom stereocenters. The number of methoxy groups -OCH3 is 1. The molecular weight excluding hydrogens is 228 g/mol. The minimum Gasteiger partial charge on any atom is -0.497 e. The van der Waals surface area contributed by atoms with Gasteiger partial charge in [-0.25, -0.2) is 0 Å². The van der Waals surface area contributed by atoms with Gasteiger partial charge < -0.3 is 4.74 Å². The molecule has 0 amide bonds. The largest absolute Gasteiger partial charge is 0.497 e. The van der Waals surface area contributed by atoms with Gasteiger partial charge in [0.05, 0.1) is 7.11 Å². The average molecular weight is 244 g/mol. The van der Waals surface area contributed by atoms with E-state index < -0.39 is 0 Å². The van der Waals surface area contributed by atoms with Crippen molar-refractivity contribution in [1.29, 1.82) is 0 Å². The van der Waals surface area contributed by atoms with E-state index >= 15 is 0 Å². The zero-order chi connectivity index (χ0) is 12.3. The molecule has 0 spiro atoms. The number of aryl methyl sites for hydroxylation is 2. The first-order chi connectivity index (χ1) is 8.19. The van der Waals surface area contributed by atoms with E-state index in [9.17, 15) is 0 Å². The van der Waals surface area contributed by atoms with Crippen LogP contribution in [0.1, 0.15) is 11.1 Å². The summed E-state index contributed by atoms with van der Waals surface area (Å²) in [5.74, 6) is 0.898. The molecule has 17 heavy (non-hydrogen) atoms. The summed E-state index contributed by atoms with van der Waals surface area (Å²) in [5.41, 5.74) is 2.63. The quantitative estimate of drug-likeness (QED) is 0.788. The highest BCUT2D eigenvalue weighted by atomic mass is 32.2. The fourth-order valence-corrected chi connectivity index (χ4v) is 2.57. The Bertz CT molecular complexity index is 503. The molecule has 0 unspecified atom stereocenters. The predicted molar refractivity (Wildman–Crippen MR) is 73.0 cm³/mol. The van der Waals surface area contributed by atoms with Gasteiger partial charge in [0, 0.05) is 9.79 Å². The third-order valence-electron chi connectivity index (χ3n) is 2.62. The van der Waals surface area contributed by atoms with Gasteiger partial charge in [0.15, 0.2) is 0 Å². The first kappa shape index (κ1) is 12.1. The molecule has 0 aliphatic carbocycles. The number of hydrogen-bond acceptors (Lipinski definition) is 2. The number of benzene rings is 2. The van der Waals surface area contributed by atoms with Gasteiger partial charge in [-0.05, 0) is 49.7 Å². The van der Waals surface area contributed by atoms with Gasteiger partial charge >= 0.3 is 0 Å². The Labute approximate surface area is 107 Å². The molecule has 2 rings (SSSR count). The predicted octanol–water partition coefficient (Wildman–Crippen LogP) is 4.46. The molecule has 0 fully saturated rings. The summed E-state index contributed by atoms with van der Waals surface area (Å²) in [6.45, 7) is 4.27. The van der Waals surface area contributed by atoms with Gasteiger partial charge in [0.25, 0.3) is 0 Å². The van der Waals surface area contributed by atoms with Crippen molar-refractivity contribution in [2.45, 2.75) is 23.6 Å². The van der Waals surface area contributed by atoms with Crippen molar-refractivity contribution < 1.29 is 4.74 Å². The maximum Gasteiger partial charge on any atom is 0.118 e. The molecule has 0 N–H and O–H groups in total. The molecule has 2 aromatic carbocycles. The monoisotopic (exact) mass is 244 g/mol. The second-order valence-corrected chi connectivity index (χ2v) is 5.16. The second kappa shape index (κ2) is 5.28. The van der Waals surface area contributed by atoms with Gasteiger partial charge in [-0.15, -0.1) is 0 Å². The Morgan fingerprint density at radius 1 is 0.941 bits per heavy atom. The minimum absolute atomic E-state index is 0.898. The van der Waals surface area contributed by atoms with Gasteiger partial charge in [0.2, 0.25) is 0 Å². The molecule has 2 aromatic rings. The van der Waals surface area contributed by atoms with E-state index in [-0.39, 0.29) is 0 Å². The fourth-order valence-electron chi connectivity index (χ4n) is 1.68. The standard InChI is InChI=1S/C15H16OS/c1-11-4-9-15(12(2)10-11)17-14-7-5-13(16-3)6-8-14/h4-10H,1-3H3. The van der Waals surface area contributed by atoms with Crippen LogP contribution in [0.5, 0.6) is 5.75 Å². The lowest BCUT2D eigenvalue weighted by Crippen LogP contribution is -1.83. The lowest BCUT2D eigenvalue weighted by atomic mass is 10.2. The van der Waals surface area contributed by atoms with Crippen LogP contribution in [-0.2, 0) is 0 Å². The smallest absolute Gasteiger partial charge is 0.118 e. The Kier molecular flexibility index (Phi) is 3.75. The zero-order valence-electron chi connectivity index (χ0n) is 10.4. The summed E-state index contributed by atoms with van der Waals surface area (Å²) < 4.78 is 5.15. The van der Waals surface area contributed by atoms with Crippen LogP contribution in [0.3, 0.4) is 0 Å². The minimum atomic E-state index is 0.898. The summed E-state index contributed by atoms with van der Waals surface area (Å²) in [6.07, 6.45) is 0. The molecule has 0 bridgehead atoms. The first-order valence-electron chi connectivity index (χ1n) is 5.58. The normalized spacial score (nSPS) is 10.3. The fraction of sp³-hybridized carbons (Fsp3) is 0.200. The molecule has 0 aliphatic rings. The second-order valence-electron chi connectivity index (χ2n) is 4.05. The topological polar surface area (TPSA) is 9.23 Å². The van der Waals surface area contributed by atoms with Crippen LogP contribution in [0.25, 0.3) is 0 Å². The highest BCUT2D eigenvalue weighted by Gasteiger charge is 2.01. The van der Waals surface area contributed by atoms with Crippen LogP contribution >= 0.6 is 11.8 Å². The van der Waals surface area contributed by atoms with Crippen LogP contribution in [-0.4, -0.2) is 7.11 Å². The van der Waals surface area contributed by atoms with E-state index in [1.807, 2.05) is 12.1 Å². The first-order valence-corrected chi connectivity index (χ1v) is 6.40. The maximum absolute atomic E-state index is 5.15. The molecule has 0 saturated heterocycles. The van der Waals surface area contributed by atoms with E-state index in [4.69, 9.17) is 4.74 Å². The van der Waals surface area contributed by atoms with E-state index in [2.05, 4.69) is 44.2 Å². The van der Waals surface area contributed by atoms with Crippen LogP contribution in [0.2, 0.25) is 0 Å². The van der Waals surface area contributed by atoms with Crippen molar-refractivity contribution in [2.24, 2.45) is 0 Å². The van der Waals surface area contributed by atoms with Crippen molar-refractivity contribution >= 4 is 11.8 Å². The molecule has 0 radical (unpaired) electrons. The Morgan fingerprint density at radius 3 is 2.24 bits per heavy atom.